The molecule has 0 saturated carbocycles. The molecule has 0 amide bonds. The van der Waals surface area contributed by atoms with Gasteiger partial charge in [-0.05, 0) is 17.9 Å². The summed E-state index contributed by atoms with van der Waals surface area (Å²) >= 11 is 1.26. The molecule has 0 spiro atoms. The summed E-state index contributed by atoms with van der Waals surface area (Å²) in [5.74, 6) is -0.389. The third-order valence-electron chi connectivity index (χ3n) is 4.79. The normalized spacial score (nSPS) is 30.9. The molecule has 2 fully saturated rings. The minimum Gasteiger partial charge on any atom is -0.390 e. The smallest absolute Gasteiger partial charge is 0.390 e. The highest BCUT2D eigenvalue weighted by Crippen LogP contribution is 2.59. The van der Waals surface area contributed by atoms with Crippen LogP contribution >= 0.6 is 19.6 Å². The van der Waals surface area contributed by atoms with E-state index in [4.69, 9.17) is 13.6 Å². The minimum atomic E-state index is -4.05. The highest BCUT2D eigenvalue weighted by atomic mass is 32.2. The van der Waals surface area contributed by atoms with Crippen LogP contribution in [0.2, 0.25) is 0 Å². The van der Waals surface area contributed by atoms with E-state index in [1.54, 1.807) is 13.0 Å². The van der Waals surface area contributed by atoms with Gasteiger partial charge in [0.2, 0.25) is 0 Å². The van der Waals surface area contributed by atoms with E-state index >= 15 is 0 Å². The fourth-order valence-electron chi connectivity index (χ4n) is 3.20. The molecule has 1 N–H and O–H groups in total. The van der Waals surface area contributed by atoms with Crippen molar-refractivity contribution in [2.45, 2.75) is 36.4 Å². The number of fused-ring (bicyclic) bond motifs is 1. The molecular formula is C15H18N5O8PS. The topological polar surface area (TPSA) is 161 Å². The predicted molar refractivity (Wildman–Crippen MR) is 103 cm³/mol. The Morgan fingerprint density at radius 2 is 2.30 bits per heavy atom. The van der Waals surface area contributed by atoms with Crippen LogP contribution in [0.3, 0.4) is 0 Å². The van der Waals surface area contributed by atoms with Crippen molar-refractivity contribution in [2.24, 2.45) is 7.05 Å². The van der Waals surface area contributed by atoms with Crippen LogP contribution in [0.1, 0.15) is 16.8 Å². The zero-order valence-electron chi connectivity index (χ0n) is 15.9. The second-order valence-electron chi connectivity index (χ2n) is 6.77. The lowest BCUT2D eigenvalue weighted by atomic mass is 10.1. The standard InChI is InChI=1S/C15H18N5O8PS/c1-8-3-4-19(15(22)17-8)13-11(21)12-10(30-13)7-27-29(25,28-12)26-6-9-5-16-14(18(9)2)20(23)24/h3-5,10-13,21H,6-7H2,1-2H3/t10-,11+,12-,13-,29?/m1/s1. The van der Waals surface area contributed by atoms with Crippen molar-refractivity contribution in [2.75, 3.05) is 6.61 Å². The molecule has 2 aromatic heterocycles. The third kappa shape index (κ3) is 3.82. The van der Waals surface area contributed by atoms with E-state index in [-0.39, 0.29) is 24.4 Å². The minimum absolute atomic E-state index is 0.0280. The van der Waals surface area contributed by atoms with E-state index in [1.807, 2.05) is 0 Å². The van der Waals surface area contributed by atoms with Crippen LogP contribution in [0.5, 0.6) is 0 Å². The SMILES string of the molecule is Cc1ccn([C@@H]2S[C@@H]3COP(=O)(OCc4cnc([N+](=O)[O-])n4C)O[C@H]3[C@@H]2O)c(=O)n1. The number of hydrogen-bond donors (Lipinski definition) is 1. The van der Waals surface area contributed by atoms with Crippen LogP contribution in [0, 0.1) is 17.0 Å². The number of rotatable bonds is 5. The van der Waals surface area contributed by atoms with Crippen molar-refractivity contribution in [1.82, 2.24) is 19.1 Å². The van der Waals surface area contributed by atoms with E-state index in [2.05, 4.69) is 9.97 Å². The second-order valence-corrected chi connectivity index (χ2v) is 9.75. The number of imidazole rings is 1. The maximum absolute atomic E-state index is 12.9. The molecule has 2 aromatic rings. The van der Waals surface area contributed by atoms with E-state index < -0.39 is 36.0 Å². The van der Waals surface area contributed by atoms with Crippen LogP contribution < -0.4 is 5.69 Å². The molecule has 15 heteroatoms. The molecule has 1 unspecified atom stereocenters. The first-order chi connectivity index (χ1) is 14.2. The number of thioether (sulfide) groups is 1. The van der Waals surface area contributed by atoms with E-state index in [0.717, 1.165) is 0 Å². The number of aliphatic hydroxyl groups is 1. The lowest BCUT2D eigenvalue weighted by molar-refractivity contribution is -0.396. The average Bonchev–Trinajstić information content (AvgIpc) is 3.21. The van der Waals surface area contributed by atoms with Crippen LogP contribution in [-0.2, 0) is 31.8 Å². The van der Waals surface area contributed by atoms with E-state index in [1.165, 1.54) is 40.3 Å². The molecule has 13 nitrogen and oxygen atoms in total. The summed E-state index contributed by atoms with van der Waals surface area (Å²) in [6.45, 7) is 1.35. The Bertz CT molecular complexity index is 1090. The highest BCUT2D eigenvalue weighted by molar-refractivity contribution is 8.00. The van der Waals surface area contributed by atoms with Gasteiger partial charge in [0, 0.05) is 11.9 Å². The van der Waals surface area contributed by atoms with Gasteiger partial charge in [-0.1, -0.05) is 4.98 Å². The van der Waals surface area contributed by atoms with Crippen molar-refractivity contribution < 1.29 is 28.2 Å². The summed E-state index contributed by atoms with van der Waals surface area (Å²) in [5.41, 5.74) is 0.338. The maximum atomic E-state index is 12.9. The number of nitrogens with zero attached hydrogens (tertiary/aromatic N) is 5. The molecule has 2 aliphatic heterocycles. The third-order valence-corrected chi connectivity index (χ3v) is 7.75. The number of phosphoric acid groups is 1. The van der Waals surface area contributed by atoms with Crippen LogP contribution in [-0.4, -0.2) is 53.2 Å². The van der Waals surface area contributed by atoms with Gasteiger partial charge in [-0.3, -0.25) is 18.1 Å². The largest absolute Gasteiger partial charge is 0.475 e. The summed E-state index contributed by atoms with van der Waals surface area (Å²) in [4.78, 5) is 29.9. The Hall–Kier alpha value is -2.09. The molecule has 2 aliphatic rings. The molecule has 4 rings (SSSR count). The molecule has 2 saturated heterocycles. The molecule has 162 valence electrons. The molecule has 30 heavy (non-hydrogen) atoms. The van der Waals surface area contributed by atoms with Gasteiger partial charge >= 0.3 is 19.5 Å². The van der Waals surface area contributed by atoms with Gasteiger partial charge in [0.05, 0.1) is 18.9 Å². The van der Waals surface area contributed by atoms with Crippen LogP contribution in [0.15, 0.2) is 23.3 Å². The first kappa shape index (κ1) is 21.2. The van der Waals surface area contributed by atoms with Crippen molar-refractivity contribution in [3.8, 4) is 0 Å². The number of nitro groups is 1. The predicted octanol–water partition coefficient (Wildman–Crippen LogP) is 0.909. The van der Waals surface area contributed by atoms with Crippen molar-refractivity contribution >= 4 is 25.5 Å². The van der Waals surface area contributed by atoms with Crippen molar-refractivity contribution in [3.05, 3.63) is 50.4 Å². The lowest BCUT2D eigenvalue weighted by Crippen LogP contribution is -2.40. The van der Waals surface area contributed by atoms with Gasteiger partial charge in [0.15, 0.2) is 0 Å². The van der Waals surface area contributed by atoms with Crippen LogP contribution in [0.4, 0.5) is 5.95 Å². The highest BCUT2D eigenvalue weighted by Gasteiger charge is 2.53. The first-order valence-electron chi connectivity index (χ1n) is 8.80. The molecular weight excluding hydrogens is 441 g/mol. The molecule has 0 aliphatic carbocycles. The Balaban J connectivity index is 1.46. The Morgan fingerprint density at radius 1 is 1.53 bits per heavy atom. The van der Waals surface area contributed by atoms with Gasteiger partial charge in [-0.25, -0.2) is 13.9 Å². The molecule has 0 aromatic carbocycles. The maximum Gasteiger partial charge on any atom is 0.475 e. The Morgan fingerprint density at radius 3 is 2.97 bits per heavy atom. The number of phosphoric ester groups is 1. The van der Waals surface area contributed by atoms with Crippen LogP contribution in [0.25, 0.3) is 0 Å². The summed E-state index contributed by atoms with van der Waals surface area (Å²) in [6.07, 6.45) is 0.716. The molecule has 0 radical (unpaired) electrons. The first-order valence-corrected chi connectivity index (χ1v) is 11.2. The lowest BCUT2D eigenvalue weighted by Gasteiger charge is -2.31. The number of aryl methyl sites for hydroxylation is 1. The summed E-state index contributed by atoms with van der Waals surface area (Å²) < 4.78 is 31.4. The van der Waals surface area contributed by atoms with Crippen molar-refractivity contribution in [1.29, 1.82) is 0 Å². The van der Waals surface area contributed by atoms with Crippen molar-refractivity contribution in [3.63, 3.8) is 0 Å². The number of hydrogen-bond acceptors (Lipinski definition) is 11. The van der Waals surface area contributed by atoms with Gasteiger partial charge in [0.1, 0.15) is 36.1 Å². The quantitative estimate of drug-likeness (QED) is 0.384. The van der Waals surface area contributed by atoms with Gasteiger partial charge in [-0.15, -0.1) is 11.8 Å². The second kappa shape index (κ2) is 7.87. The van der Waals surface area contributed by atoms with Gasteiger partial charge in [0.25, 0.3) is 0 Å². The molecule has 5 atom stereocenters. The van der Waals surface area contributed by atoms with Gasteiger partial charge < -0.3 is 15.2 Å². The molecule has 0 bridgehead atoms. The Kier molecular flexibility index (Phi) is 5.55. The Labute approximate surface area is 173 Å². The molecule has 4 heterocycles. The zero-order chi connectivity index (χ0) is 21.6. The number of aromatic nitrogens is 4. The fraction of sp³-hybridized carbons (Fsp3) is 0.533. The fourth-order valence-corrected chi connectivity index (χ4v) is 6.27. The summed E-state index contributed by atoms with van der Waals surface area (Å²) in [7, 11) is -2.62. The summed E-state index contributed by atoms with van der Waals surface area (Å²) in [6, 6.07) is 1.65. The summed E-state index contributed by atoms with van der Waals surface area (Å²) in [5, 5.41) is 20.5. The average molecular weight is 459 g/mol. The van der Waals surface area contributed by atoms with E-state index in [0.29, 0.717) is 11.4 Å². The van der Waals surface area contributed by atoms with Gasteiger partial charge in [-0.2, -0.15) is 4.98 Å². The zero-order valence-corrected chi connectivity index (χ0v) is 17.6. The monoisotopic (exact) mass is 459 g/mol. The van der Waals surface area contributed by atoms with E-state index in [9.17, 15) is 24.6 Å². The number of aliphatic hydroxyl groups excluding tert-OH is 1.